The predicted octanol–water partition coefficient (Wildman–Crippen LogP) is 2.32. The third-order valence-corrected chi connectivity index (χ3v) is 3.89. The first-order chi connectivity index (χ1) is 9.24. The number of hydrogen-bond donors (Lipinski definition) is 2. The molecule has 3 rings (SSSR count). The van der Waals surface area contributed by atoms with E-state index < -0.39 is 0 Å². The van der Waals surface area contributed by atoms with Crippen molar-refractivity contribution in [2.24, 2.45) is 0 Å². The quantitative estimate of drug-likeness (QED) is 0.799. The molecule has 1 saturated heterocycles. The van der Waals surface area contributed by atoms with Gasteiger partial charge in [0.15, 0.2) is 0 Å². The predicted molar refractivity (Wildman–Crippen MR) is 78.6 cm³/mol. The highest BCUT2D eigenvalue weighted by atomic mass is 16.5. The van der Waals surface area contributed by atoms with Crippen molar-refractivity contribution in [3.05, 3.63) is 18.2 Å². The van der Waals surface area contributed by atoms with E-state index in [9.17, 15) is 0 Å². The number of anilines is 2. The number of nitrogen functional groups attached to an aromatic ring is 1. The van der Waals surface area contributed by atoms with Crippen molar-refractivity contribution in [3.8, 4) is 5.75 Å². The van der Waals surface area contributed by atoms with Crippen LogP contribution in [-0.4, -0.2) is 36.7 Å². The second-order valence-electron chi connectivity index (χ2n) is 5.58. The summed E-state index contributed by atoms with van der Waals surface area (Å²) in [5, 5.41) is 3.59. The number of nitrogens with zero attached hydrogens (tertiary/aromatic N) is 1. The van der Waals surface area contributed by atoms with Crippen molar-refractivity contribution < 1.29 is 4.74 Å². The Morgan fingerprint density at radius 3 is 2.89 bits per heavy atom. The van der Waals surface area contributed by atoms with Gasteiger partial charge in [-0.1, -0.05) is 0 Å². The zero-order valence-corrected chi connectivity index (χ0v) is 11.6. The summed E-state index contributed by atoms with van der Waals surface area (Å²) in [6, 6.07) is 7.31. The monoisotopic (exact) mass is 261 g/mol. The van der Waals surface area contributed by atoms with Gasteiger partial charge in [0.05, 0.1) is 6.61 Å². The Morgan fingerprint density at radius 1 is 1.32 bits per heavy atom. The average molecular weight is 261 g/mol. The summed E-state index contributed by atoms with van der Waals surface area (Å²) in [6.07, 6.45) is 3.99. The fourth-order valence-electron chi connectivity index (χ4n) is 2.87. The molecule has 1 atom stereocenters. The van der Waals surface area contributed by atoms with Gasteiger partial charge in [-0.3, -0.25) is 4.90 Å². The lowest BCUT2D eigenvalue weighted by molar-refractivity contribution is 0.326. The van der Waals surface area contributed by atoms with Crippen LogP contribution in [-0.2, 0) is 0 Å². The summed E-state index contributed by atoms with van der Waals surface area (Å²) >= 11 is 0. The standard InChI is InChI=1S/C15H23N3O/c1-2-19-15-8-11(16)7-13(9-15)17-12-5-6-18(10-12)14-3-4-14/h7-9,12,14,17H,2-6,10,16H2,1H3. The maximum atomic E-state index is 5.92. The summed E-state index contributed by atoms with van der Waals surface area (Å²) in [5.41, 5.74) is 7.75. The van der Waals surface area contributed by atoms with Crippen LogP contribution in [0.4, 0.5) is 11.4 Å². The summed E-state index contributed by atoms with van der Waals surface area (Å²) in [5.74, 6) is 0.849. The molecule has 2 fully saturated rings. The average Bonchev–Trinajstić information content (AvgIpc) is 3.11. The first-order valence-corrected chi connectivity index (χ1v) is 7.28. The molecule has 0 amide bonds. The van der Waals surface area contributed by atoms with E-state index in [4.69, 9.17) is 10.5 Å². The smallest absolute Gasteiger partial charge is 0.123 e. The number of ether oxygens (including phenoxy) is 1. The molecule has 1 aromatic carbocycles. The van der Waals surface area contributed by atoms with Crippen LogP contribution in [0.2, 0.25) is 0 Å². The van der Waals surface area contributed by atoms with Crippen LogP contribution in [0, 0.1) is 0 Å². The Hall–Kier alpha value is -1.42. The first kappa shape index (κ1) is 12.6. The molecule has 0 aromatic heterocycles. The van der Waals surface area contributed by atoms with Crippen LogP contribution in [0.3, 0.4) is 0 Å². The summed E-state index contributed by atoms with van der Waals surface area (Å²) < 4.78 is 5.53. The molecule has 1 aromatic rings. The Kier molecular flexibility index (Phi) is 3.51. The molecule has 1 aliphatic carbocycles. The highest BCUT2D eigenvalue weighted by Gasteiger charge is 2.34. The van der Waals surface area contributed by atoms with Crippen molar-refractivity contribution in [3.63, 3.8) is 0 Å². The minimum Gasteiger partial charge on any atom is -0.494 e. The van der Waals surface area contributed by atoms with E-state index in [1.807, 2.05) is 25.1 Å². The van der Waals surface area contributed by atoms with Gasteiger partial charge < -0.3 is 15.8 Å². The summed E-state index contributed by atoms with van der Waals surface area (Å²) in [6.45, 7) is 5.04. The molecule has 3 N–H and O–H groups in total. The second kappa shape index (κ2) is 5.29. The number of hydrogen-bond acceptors (Lipinski definition) is 4. The summed E-state index contributed by atoms with van der Waals surface area (Å²) in [7, 11) is 0. The lowest BCUT2D eigenvalue weighted by Gasteiger charge is -2.17. The highest BCUT2D eigenvalue weighted by Crippen LogP contribution is 2.31. The maximum Gasteiger partial charge on any atom is 0.123 e. The molecule has 1 aliphatic heterocycles. The zero-order chi connectivity index (χ0) is 13.2. The van der Waals surface area contributed by atoms with E-state index in [1.165, 1.54) is 25.8 Å². The minimum absolute atomic E-state index is 0.539. The molecule has 2 aliphatic rings. The molecule has 0 radical (unpaired) electrons. The van der Waals surface area contributed by atoms with E-state index in [0.29, 0.717) is 12.6 Å². The molecule has 0 bridgehead atoms. The molecule has 1 unspecified atom stereocenters. The third-order valence-electron chi connectivity index (χ3n) is 3.89. The van der Waals surface area contributed by atoms with Crippen LogP contribution >= 0.6 is 0 Å². The van der Waals surface area contributed by atoms with Crippen molar-refractivity contribution >= 4 is 11.4 Å². The molecule has 4 heteroatoms. The molecule has 0 spiro atoms. The van der Waals surface area contributed by atoms with Gasteiger partial charge >= 0.3 is 0 Å². The van der Waals surface area contributed by atoms with Crippen LogP contribution in [0.1, 0.15) is 26.2 Å². The second-order valence-corrected chi connectivity index (χ2v) is 5.58. The number of nitrogens with one attached hydrogen (secondary N) is 1. The first-order valence-electron chi connectivity index (χ1n) is 7.28. The van der Waals surface area contributed by atoms with Gasteiger partial charge in [-0.25, -0.2) is 0 Å². The van der Waals surface area contributed by atoms with Gasteiger partial charge in [-0.05, 0) is 32.3 Å². The van der Waals surface area contributed by atoms with Gasteiger partial charge in [0.2, 0.25) is 0 Å². The highest BCUT2D eigenvalue weighted by molar-refractivity contribution is 5.59. The molecule has 1 saturated carbocycles. The number of nitrogens with two attached hydrogens (primary N) is 1. The topological polar surface area (TPSA) is 50.5 Å². The number of benzene rings is 1. The lowest BCUT2D eigenvalue weighted by atomic mass is 10.2. The maximum absolute atomic E-state index is 5.92. The van der Waals surface area contributed by atoms with Crippen LogP contribution in [0.25, 0.3) is 0 Å². The van der Waals surface area contributed by atoms with E-state index in [2.05, 4.69) is 10.2 Å². The van der Waals surface area contributed by atoms with Gasteiger partial charge in [0.1, 0.15) is 5.75 Å². The van der Waals surface area contributed by atoms with Crippen molar-refractivity contribution in [2.75, 3.05) is 30.7 Å². The van der Waals surface area contributed by atoms with E-state index in [-0.39, 0.29) is 0 Å². The fourth-order valence-corrected chi connectivity index (χ4v) is 2.87. The summed E-state index contributed by atoms with van der Waals surface area (Å²) in [4.78, 5) is 2.60. The fraction of sp³-hybridized carbons (Fsp3) is 0.600. The zero-order valence-electron chi connectivity index (χ0n) is 11.6. The van der Waals surface area contributed by atoms with E-state index in [1.54, 1.807) is 0 Å². The molecular formula is C15H23N3O. The Bertz CT molecular complexity index is 445. The van der Waals surface area contributed by atoms with Gasteiger partial charge in [0, 0.05) is 48.7 Å². The SMILES string of the molecule is CCOc1cc(N)cc(NC2CCN(C3CC3)C2)c1. The van der Waals surface area contributed by atoms with Gasteiger partial charge in [0.25, 0.3) is 0 Å². The molecule has 4 nitrogen and oxygen atoms in total. The van der Waals surface area contributed by atoms with Crippen LogP contribution < -0.4 is 15.8 Å². The van der Waals surface area contributed by atoms with Gasteiger partial charge in [-0.15, -0.1) is 0 Å². The van der Waals surface area contributed by atoms with Crippen molar-refractivity contribution in [2.45, 2.75) is 38.3 Å². The Balaban J connectivity index is 1.62. The number of rotatable bonds is 5. The lowest BCUT2D eigenvalue weighted by Crippen LogP contribution is -2.27. The Morgan fingerprint density at radius 2 is 2.16 bits per heavy atom. The van der Waals surface area contributed by atoms with E-state index in [0.717, 1.165) is 29.7 Å². The molecule has 104 valence electrons. The van der Waals surface area contributed by atoms with Crippen LogP contribution in [0.5, 0.6) is 5.75 Å². The Labute approximate surface area is 114 Å². The normalized spacial score (nSPS) is 23.5. The largest absolute Gasteiger partial charge is 0.494 e. The van der Waals surface area contributed by atoms with Crippen LogP contribution in [0.15, 0.2) is 18.2 Å². The van der Waals surface area contributed by atoms with Crippen molar-refractivity contribution in [1.29, 1.82) is 0 Å². The molecular weight excluding hydrogens is 238 g/mol. The van der Waals surface area contributed by atoms with Gasteiger partial charge in [-0.2, -0.15) is 0 Å². The van der Waals surface area contributed by atoms with Crippen molar-refractivity contribution in [1.82, 2.24) is 4.90 Å². The number of likely N-dealkylation sites (tertiary alicyclic amines) is 1. The third kappa shape index (κ3) is 3.13. The minimum atomic E-state index is 0.539. The molecule has 19 heavy (non-hydrogen) atoms. The molecule has 1 heterocycles. The van der Waals surface area contributed by atoms with E-state index >= 15 is 0 Å².